The lowest BCUT2D eigenvalue weighted by molar-refractivity contribution is -0.137. The summed E-state index contributed by atoms with van der Waals surface area (Å²) in [5, 5.41) is 3.24. The van der Waals surface area contributed by atoms with Crippen molar-refractivity contribution in [3.05, 3.63) is 70.4 Å². The molecule has 0 aromatic heterocycles. The summed E-state index contributed by atoms with van der Waals surface area (Å²) >= 11 is 0. The number of hydrogen-bond acceptors (Lipinski definition) is 4. The fraction of sp³-hybridized carbons (Fsp3) is 0.385. The third-order valence-corrected chi connectivity index (χ3v) is 5.60. The van der Waals surface area contributed by atoms with Gasteiger partial charge in [0.2, 0.25) is 0 Å². The molecule has 5 heteroatoms. The first-order valence-corrected chi connectivity index (χ1v) is 11.0. The molecule has 0 atom stereocenters. The number of amides is 2. The van der Waals surface area contributed by atoms with Crippen LogP contribution in [0.25, 0.3) is 5.57 Å². The van der Waals surface area contributed by atoms with E-state index < -0.39 is 0 Å². The second-order valence-corrected chi connectivity index (χ2v) is 8.12. The van der Waals surface area contributed by atoms with Gasteiger partial charge in [0.25, 0.3) is 11.8 Å². The van der Waals surface area contributed by atoms with Gasteiger partial charge in [0.1, 0.15) is 5.70 Å². The Kier molecular flexibility index (Phi) is 7.64. The molecule has 0 aliphatic carbocycles. The fourth-order valence-electron chi connectivity index (χ4n) is 3.52. The summed E-state index contributed by atoms with van der Waals surface area (Å²) in [6, 6.07) is 13.7. The molecule has 1 N–H and O–H groups in total. The molecule has 2 aromatic carbocycles. The van der Waals surface area contributed by atoms with E-state index in [9.17, 15) is 9.59 Å². The molecule has 1 aliphatic heterocycles. The van der Waals surface area contributed by atoms with Crippen LogP contribution in [0, 0.1) is 20.8 Å². The van der Waals surface area contributed by atoms with E-state index in [0.29, 0.717) is 37.4 Å². The van der Waals surface area contributed by atoms with E-state index in [1.54, 1.807) is 0 Å². The normalized spacial score (nSPS) is 14.0. The molecule has 0 fully saturated rings. The van der Waals surface area contributed by atoms with Gasteiger partial charge in [-0.05, 0) is 62.4 Å². The fourth-order valence-corrected chi connectivity index (χ4v) is 3.52. The maximum Gasteiger partial charge on any atom is 0.278 e. The van der Waals surface area contributed by atoms with Gasteiger partial charge in [-0.3, -0.25) is 14.5 Å². The average Bonchev–Trinajstić information content (AvgIpc) is 2.98. The van der Waals surface area contributed by atoms with Crippen molar-refractivity contribution in [3.8, 4) is 0 Å². The summed E-state index contributed by atoms with van der Waals surface area (Å²) in [6.07, 6.45) is 2.73. The van der Waals surface area contributed by atoms with Gasteiger partial charge in [-0.1, -0.05) is 49.2 Å². The smallest absolute Gasteiger partial charge is 0.278 e. The Balaban J connectivity index is 1.84. The number of unbranched alkanes of at least 4 members (excludes halogenated alkanes) is 1. The summed E-state index contributed by atoms with van der Waals surface area (Å²) in [4.78, 5) is 27.8. The van der Waals surface area contributed by atoms with E-state index in [2.05, 4.69) is 12.2 Å². The standard InChI is InChI=1S/C26H32N2O3/c1-5-6-15-31-16-7-14-28-25(29)23(21-11-8-18(2)9-12-21)24(26(28)30)27-22-13-10-19(3)20(4)17-22/h8-13,17,27H,5-7,14-16H2,1-4H3. The van der Waals surface area contributed by atoms with Gasteiger partial charge in [-0.25, -0.2) is 0 Å². The molecular formula is C26H32N2O3. The second-order valence-electron chi connectivity index (χ2n) is 8.12. The highest BCUT2D eigenvalue weighted by atomic mass is 16.5. The average molecular weight is 421 g/mol. The van der Waals surface area contributed by atoms with E-state index in [1.807, 2.05) is 63.2 Å². The molecular weight excluding hydrogens is 388 g/mol. The van der Waals surface area contributed by atoms with Crippen molar-refractivity contribution < 1.29 is 14.3 Å². The Labute approximate surface area is 185 Å². The van der Waals surface area contributed by atoms with Gasteiger partial charge in [-0.15, -0.1) is 0 Å². The van der Waals surface area contributed by atoms with E-state index in [-0.39, 0.29) is 11.8 Å². The molecule has 2 aromatic rings. The van der Waals surface area contributed by atoms with Crippen LogP contribution in [-0.4, -0.2) is 36.5 Å². The van der Waals surface area contributed by atoms with E-state index in [4.69, 9.17) is 4.74 Å². The largest absolute Gasteiger partial charge is 0.381 e. The second kappa shape index (κ2) is 10.4. The van der Waals surface area contributed by atoms with Crippen molar-refractivity contribution in [3.63, 3.8) is 0 Å². The number of carbonyl (C=O) groups excluding carboxylic acids is 2. The number of hydrogen-bond donors (Lipinski definition) is 1. The van der Waals surface area contributed by atoms with Gasteiger partial charge in [0.15, 0.2) is 0 Å². The molecule has 0 saturated heterocycles. The van der Waals surface area contributed by atoms with Crippen molar-refractivity contribution in [1.82, 2.24) is 4.90 Å². The maximum absolute atomic E-state index is 13.3. The van der Waals surface area contributed by atoms with Crippen LogP contribution in [-0.2, 0) is 14.3 Å². The van der Waals surface area contributed by atoms with Crippen molar-refractivity contribution in [1.29, 1.82) is 0 Å². The van der Waals surface area contributed by atoms with Crippen molar-refractivity contribution in [2.24, 2.45) is 0 Å². The topological polar surface area (TPSA) is 58.6 Å². The number of imide groups is 1. The minimum atomic E-state index is -0.285. The van der Waals surface area contributed by atoms with Crippen LogP contribution in [0.4, 0.5) is 5.69 Å². The number of aryl methyl sites for hydroxylation is 3. The zero-order valence-corrected chi connectivity index (χ0v) is 19.0. The lowest BCUT2D eigenvalue weighted by atomic mass is 10.0. The van der Waals surface area contributed by atoms with Gasteiger partial charge in [-0.2, -0.15) is 0 Å². The van der Waals surface area contributed by atoms with Crippen molar-refractivity contribution in [2.75, 3.05) is 25.1 Å². The lowest BCUT2D eigenvalue weighted by Crippen LogP contribution is -2.34. The molecule has 1 aliphatic rings. The van der Waals surface area contributed by atoms with Crippen molar-refractivity contribution in [2.45, 2.75) is 47.0 Å². The molecule has 0 radical (unpaired) electrons. The predicted molar refractivity (Wildman–Crippen MR) is 125 cm³/mol. The summed E-state index contributed by atoms with van der Waals surface area (Å²) < 4.78 is 5.60. The molecule has 5 nitrogen and oxygen atoms in total. The third-order valence-electron chi connectivity index (χ3n) is 5.60. The highest BCUT2D eigenvalue weighted by Crippen LogP contribution is 2.31. The summed E-state index contributed by atoms with van der Waals surface area (Å²) in [5.74, 6) is -0.541. The highest BCUT2D eigenvalue weighted by Gasteiger charge is 2.38. The van der Waals surface area contributed by atoms with Crippen LogP contribution in [0.1, 0.15) is 48.4 Å². The zero-order chi connectivity index (χ0) is 22.4. The Morgan fingerprint density at radius 3 is 2.26 bits per heavy atom. The Morgan fingerprint density at radius 1 is 0.871 bits per heavy atom. The molecule has 3 rings (SSSR count). The first-order chi connectivity index (χ1) is 14.9. The zero-order valence-electron chi connectivity index (χ0n) is 19.0. The quantitative estimate of drug-likeness (QED) is 0.434. The number of nitrogens with zero attached hydrogens (tertiary/aromatic N) is 1. The van der Waals surface area contributed by atoms with Crippen LogP contribution in [0.15, 0.2) is 48.2 Å². The lowest BCUT2D eigenvalue weighted by Gasteiger charge is -2.15. The van der Waals surface area contributed by atoms with Crippen LogP contribution in [0.2, 0.25) is 0 Å². The van der Waals surface area contributed by atoms with Gasteiger partial charge >= 0.3 is 0 Å². The first-order valence-electron chi connectivity index (χ1n) is 11.0. The molecule has 2 amide bonds. The van der Waals surface area contributed by atoms with Gasteiger partial charge in [0, 0.05) is 25.4 Å². The number of benzene rings is 2. The molecule has 0 unspecified atom stereocenters. The Morgan fingerprint density at radius 2 is 1.58 bits per heavy atom. The monoisotopic (exact) mass is 420 g/mol. The molecule has 31 heavy (non-hydrogen) atoms. The summed E-state index contributed by atoms with van der Waals surface area (Å²) in [7, 11) is 0. The molecule has 0 saturated carbocycles. The van der Waals surface area contributed by atoms with E-state index >= 15 is 0 Å². The molecule has 0 spiro atoms. The molecule has 1 heterocycles. The summed E-state index contributed by atoms with van der Waals surface area (Å²) in [5.41, 5.74) is 5.72. The van der Waals surface area contributed by atoms with Crippen molar-refractivity contribution >= 4 is 23.1 Å². The minimum Gasteiger partial charge on any atom is -0.381 e. The van der Waals surface area contributed by atoms with Gasteiger partial charge < -0.3 is 10.1 Å². The van der Waals surface area contributed by atoms with Crippen LogP contribution < -0.4 is 5.32 Å². The number of ether oxygens (including phenoxy) is 1. The predicted octanol–water partition coefficient (Wildman–Crippen LogP) is 5.01. The van der Waals surface area contributed by atoms with Crippen LogP contribution >= 0.6 is 0 Å². The van der Waals surface area contributed by atoms with E-state index in [0.717, 1.165) is 35.2 Å². The number of rotatable bonds is 10. The van der Waals surface area contributed by atoms with Gasteiger partial charge in [0.05, 0.1) is 5.57 Å². The van der Waals surface area contributed by atoms with E-state index in [1.165, 1.54) is 10.5 Å². The van der Waals surface area contributed by atoms with Crippen LogP contribution in [0.3, 0.4) is 0 Å². The molecule has 164 valence electrons. The summed E-state index contributed by atoms with van der Waals surface area (Å²) in [6.45, 7) is 9.79. The number of anilines is 1. The Bertz CT molecular complexity index is 977. The Hall–Kier alpha value is -2.92. The maximum atomic E-state index is 13.3. The number of carbonyl (C=O) groups is 2. The number of nitrogens with one attached hydrogen (secondary N) is 1. The first kappa shape index (κ1) is 22.8. The third kappa shape index (κ3) is 5.42. The van der Waals surface area contributed by atoms with Crippen LogP contribution in [0.5, 0.6) is 0 Å². The molecule has 0 bridgehead atoms. The SMILES string of the molecule is CCCCOCCCN1C(=O)C(Nc2ccc(C)c(C)c2)=C(c2ccc(C)cc2)C1=O. The highest BCUT2D eigenvalue weighted by molar-refractivity contribution is 6.36. The minimum absolute atomic E-state index is 0.256.